The Balaban J connectivity index is 1.07. The largest absolute Gasteiger partial charge is 0.492 e. The average Bonchev–Trinajstić information content (AvgIpc) is 3.29. The zero-order valence-corrected chi connectivity index (χ0v) is 19.5. The van der Waals surface area contributed by atoms with Crippen molar-refractivity contribution in [1.82, 2.24) is 15.2 Å². The van der Waals surface area contributed by atoms with Crippen molar-refractivity contribution in [3.8, 4) is 16.7 Å². The van der Waals surface area contributed by atoms with Crippen LogP contribution in [0.1, 0.15) is 32.6 Å². The van der Waals surface area contributed by atoms with E-state index in [9.17, 15) is 4.79 Å². The van der Waals surface area contributed by atoms with Gasteiger partial charge >= 0.3 is 0 Å². The molecule has 3 aromatic rings. The zero-order valence-electron chi connectivity index (χ0n) is 17.9. The first-order valence-corrected chi connectivity index (χ1v) is 12.2. The number of rotatable bonds is 7. The second-order valence-corrected chi connectivity index (χ2v) is 9.88. The van der Waals surface area contributed by atoms with Crippen molar-refractivity contribution in [1.29, 1.82) is 0 Å². The Morgan fingerprint density at radius 2 is 1.88 bits per heavy atom. The predicted octanol–water partition coefficient (Wildman–Crippen LogP) is 5.25. The average molecular weight is 472 g/mol. The van der Waals surface area contributed by atoms with Crippen molar-refractivity contribution < 1.29 is 14.3 Å². The fourth-order valence-electron chi connectivity index (χ4n) is 4.92. The van der Waals surface area contributed by atoms with E-state index in [2.05, 4.69) is 15.2 Å². The van der Waals surface area contributed by atoms with Gasteiger partial charge in [-0.15, -0.1) is 0 Å². The van der Waals surface area contributed by atoms with E-state index >= 15 is 0 Å². The lowest BCUT2D eigenvalue weighted by atomic mass is 9.97. The number of benzene rings is 2. The number of carbonyl (C=O) groups is 1. The standard InChI is InChI=1S/C24H26ClN3O3S/c1-15(29)28-18-3-4-19(28)14-17(13-18)26-10-11-30-20-5-7-21(8-6-20)31-24-27-22-9-2-16(25)12-23(22)32-24/h2,5-9,12,17-19,26H,3-4,10-11,13-14H2,1H3/t17-,18-,19+. The molecule has 1 amide bonds. The third kappa shape index (κ3) is 4.70. The maximum atomic E-state index is 11.8. The molecule has 3 heterocycles. The molecule has 0 aliphatic carbocycles. The van der Waals surface area contributed by atoms with Crippen LogP contribution in [0.15, 0.2) is 42.5 Å². The number of nitrogens with one attached hydrogen (secondary N) is 1. The number of hydrogen-bond donors (Lipinski definition) is 1. The summed E-state index contributed by atoms with van der Waals surface area (Å²) in [5.41, 5.74) is 0.877. The van der Waals surface area contributed by atoms with E-state index in [1.165, 1.54) is 11.3 Å². The van der Waals surface area contributed by atoms with Gasteiger partial charge in [0.2, 0.25) is 5.91 Å². The van der Waals surface area contributed by atoms with Crippen LogP contribution in [0.5, 0.6) is 16.7 Å². The molecule has 0 unspecified atom stereocenters. The summed E-state index contributed by atoms with van der Waals surface area (Å²) in [6, 6.07) is 14.5. The number of ether oxygens (including phenoxy) is 2. The minimum absolute atomic E-state index is 0.222. The topological polar surface area (TPSA) is 63.7 Å². The molecule has 6 nitrogen and oxygen atoms in total. The fourth-order valence-corrected chi connectivity index (χ4v) is 6.03. The number of nitrogens with zero attached hydrogens (tertiary/aromatic N) is 2. The maximum Gasteiger partial charge on any atom is 0.279 e. The first-order chi connectivity index (χ1) is 15.5. The smallest absolute Gasteiger partial charge is 0.279 e. The Bertz CT molecular complexity index is 1090. The Labute approximate surface area is 196 Å². The van der Waals surface area contributed by atoms with Gasteiger partial charge in [0.25, 0.3) is 5.19 Å². The van der Waals surface area contributed by atoms with Crippen LogP contribution in [0.4, 0.5) is 0 Å². The summed E-state index contributed by atoms with van der Waals surface area (Å²) in [6.45, 7) is 3.08. The molecule has 0 radical (unpaired) electrons. The summed E-state index contributed by atoms with van der Waals surface area (Å²) in [5.74, 6) is 1.74. The molecule has 2 aliphatic heterocycles. The minimum Gasteiger partial charge on any atom is -0.492 e. The molecule has 168 valence electrons. The van der Waals surface area contributed by atoms with Crippen LogP contribution in [0.2, 0.25) is 5.02 Å². The van der Waals surface area contributed by atoms with Gasteiger partial charge in [-0.2, -0.15) is 0 Å². The quantitative estimate of drug-likeness (QED) is 0.476. The third-order valence-electron chi connectivity index (χ3n) is 6.26. The van der Waals surface area contributed by atoms with Gasteiger partial charge in [-0.3, -0.25) is 4.79 Å². The highest BCUT2D eigenvalue weighted by Gasteiger charge is 2.41. The van der Waals surface area contributed by atoms with Crippen molar-refractivity contribution in [3.05, 3.63) is 47.5 Å². The summed E-state index contributed by atoms with van der Waals surface area (Å²) in [5, 5.41) is 4.89. The van der Waals surface area contributed by atoms with E-state index in [0.29, 0.717) is 40.7 Å². The Kier molecular flexibility index (Phi) is 6.22. The number of fused-ring (bicyclic) bond motifs is 3. The van der Waals surface area contributed by atoms with E-state index in [1.54, 1.807) is 6.92 Å². The second-order valence-electron chi connectivity index (χ2n) is 8.45. The molecule has 3 atom stereocenters. The summed E-state index contributed by atoms with van der Waals surface area (Å²) in [7, 11) is 0. The molecular formula is C24H26ClN3O3S. The number of amides is 1. The van der Waals surface area contributed by atoms with Gasteiger partial charge in [0, 0.05) is 36.6 Å². The van der Waals surface area contributed by atoms with Crippen LogP contribution in [-0.2, 0) is 4.79 Å². The number of aromatic nitrogens is 1. The van der Waals surface area contributed by atoms with Gasteiger partial charge in [0.1, 0.15) is 18.1 Å². The van der Waals surface area contributed by atoms with Gasteiger partial charge in [0.15, 0.2) is 0 Å². The van der Waals surface area contributed by atoms with Crippen molar-refractivity contribution in [2.45, 2.75) is 50.7 Å². The zero-order chi connectivity index (χ0) is 22.1. The molecule has 0 saturated carbocycles. The Morgan fingerprint density at radius 3 is 2.59 bits per heavy atom. The SMILES string of the molecule is CC(=O)N1[C@@H]2CC[C@H]1C[C@H](NCCOc1ccc(Oc3nc4ccc(Cl)cc4s3)cc1)C2. The number of halogens is 1. The fraction of sp³-hybridized carbons (Fsp3) is 0.417. The second kappa shape index (κ2) is 9.25. The molecule has 5 rings (SSSR count). The normalized spacial score (nSPS) is 22.3. The molecule has 0 spiro atoms. The third-order valence-corrected chi connectivity index (χ3v) is 7.39. The highest BCUT2D eigenvalue weighted by molar-refractivity contribution is 7.20. The lowest BCUT2D eigenvalue weighted by molar-refractivity contribution is -0.133. The Morgan fingerprint density at radius 1 is 1.16 bits per heavy atom. The van der Waals surface area contributed by atoms with Crippen LogP contribution in [0.3, 0.4) is 0 Å². The van der Waals surface area contributed by atoms with Gasteiger partial charge in [-0.05, 0) is 68.1 Å². The van der Waals surface area contributed by atoms with Gasteiger partial charge in [0.05, 0.1) is 10.2 Å². The van der Waals surface area contributed by atoms with Crippen molar-refractivity contribution in [3.63, 3.8) is 0 Å². The summed E-state index contributed by atoms with van der Waals surface area (Å²) in [6.07, 6.45) is 4.36. The van der Waals surface area contributed by atoms with E-state index < -0.39 is 0 Å². The molecule has 2 aliphatic rings. The molecule has 2 aromatic carbocycles. The van der Waals surface area contributed by atoms with E-state index in [0.717, 1.165) is 48.2 Å². The van der Waals surface area contributed by atoms with E-state index in [4.69, 9.17) is 21.1 Å². The van der Waals surface area contributed by atoms with Crippen LogP contribution in [0.25, 0.3) is 10.2 Å². The van der Waals surface area contributed by atoms with Crippen LogP contribution < -0.4 is 14.8 Å². The summed E-state index contributed by atoms with van der Waals surface area (Å²) >= 11 is 7.51. The van der Waals surface area contributed by atoms with Gasteiger partial charge in [-0.1, -0.05) is 22.9 Å². The van der Waals surface area contributed by atoms with Crippen molar-refractivity contribution >= 4 is 39.1 Å². The highest BCUT2D eigenvalue weighted by atomic mass is 35.5. The Hall–Kier alpha value is -2.35. The van der Waals surface area contributed by atoms with Gasteiger partial charge < -0.3 is 19.7 Å². The number of piperidine rings is 1. The van der Waals surface area contributed by atoms with Crippen molar-refractivity contribution in [2.75, 3.05) is 13.2 Å². The van der Waals surface area contributed by atoms with E-state index in [-0.39, 0.29) is 5.91 Å². The van der Waals surface area contributed by atoms with E-state index in [1.807, 2.05) is 42.5 Å². The van der Waals surface area contributed by atoms with Crippen molar-refractivity contribution in [2.24, 2.45) is 0 Å². The van der Waals surface area contributed by atoms with Crippen LogP contribution in [0, 0.1) is 0 Å². The molecule has 2 saturated heterocycles. The lowest BCUT2D eigenvalue weighted by Crippen LogP contribution is -2.51. The molecule has 32 heavy (non-hydrogen) atoms. The molecule has 2 bridgehead atoms. The van der Waals surface area contributed by atoms with Crippen LogP contribution in [-0.4, -0.2) is 47.1 Å². The van der Waals surface area contributed by atoms with Gasteiger partial charge in [-0.25, -0.2) is 4.98 Å². The number of carbonyl (C=O) groups excluding carboxylic acids is 1. The number of hydrogen-bond acceptors (Lipinski definition) is 6. The van der Waals surface area contributed by atoms with Crippen LogP contribution >= 0.6 is 22.9 Å². The molecule has 2 fully saturated rings. The maximum absolute atomic E-state index is 11.8. The first kappa shape index (κ1) is 21.5. The number of thiazole rings is 1. The minimum atomic E-state index is 0.222. The molecule has 8 heteroatoms. The molecular weight excluding hydrogens is 446 g/mol. The summed E-state index contributed by atoms with van der Waals surface area (Å²) in [4.78, 5) is 18.4. The lowest BCUT2D eigenvalue weighted by Gasteiger charge is -2.38. The summed E-state index contributed by atoms with van der Waals surface area (Å²) < 4.78 is 12.8. The molecule has 1 N–H and O–H groups in total. The monoisotopic (exact) mass is 471 g/mol. The first-order valence-electron chi connectivity index (χ1n) is 11.0. The molecule has 1 aromatic heterocycles. The highest BCUT2D eigenvalue weighted by Crippen LogP contribution is 2.36. The predicted molar refractivity (Wildman–Crippen MR) is 127 cm³/mol.